The van der Waals surface area contributed by atoms with Crippen LogP contribution in [-0.2, 0) is 4.74 Å². The van der Waals surface area contributed by atoms with Crippen LogP contribution in [0.5, 0.6) is 0 Å². The quantitative estimate of drug-likeness (QED) is 0.517. The van der Waals surface area contributed by atoms with E-state index in [2.05, 4.69) is 29.3 Å². The van der Waals surface area contributed by atoms with E-state index in [4.69, 9.17) is 10.00 Å². The number of rotatable bonds is 4. The summed E-state index contributed by atoms with van der Waals surface area (Å²) in [6.07, 6.45) is -0.378. The summed E-state index contributed by atoms with van der Waals surface area (Å²) in [5.74, 6) is 0. The first-order valence-corrected chi connectivity index (χ1v) is 4.94. The van der Waals surface area contributed by atoms with Gasteiger partial charge in [-0.25, -0.2) is 0 Å². The van der Waals surface area contributed by atoms with Crippen LogP contribution < -0.4 is 0 Å². The summed E-state index contributed by atoms with van der Waals surface area (Å²) in [5, 5.41) is 8.62. The van der Waals surface area contributed by atoms with Crippen molar-refractivity contribution in [2.24, 2.45) is 0 Å². The molecule has 0 aliphatic carbocycles. The third-order valence-corrected chi connectivity index (χ3v) is 3.04. The predicted octanol–water partition coefficient (Wildman–Crippen LogP) is 2.15. The Morgan fingerprint density at radius 2 is 1.85 bits per heavy atom. The van der Waals surface area contributed by atoms with Crippen molar-refractivity contribution in [1.82, 2.24) is 4.67 Å². The SMILES string of the molecule is CC(C#N)OC(C)(C)N(P)C(C)C. The van der Waals surface area contributed by atoms with Crippen molar-refractivity contribution in [3.05, 3.63) is 0 Å². The van der Waals surface area contributed by atoms with Crippen LogP contribution in [0.2, 0.25) is 0 Å². The van der Waals surface area contributed by atoms with Gasteiger partial charge >= 0.3 is 0 Å². The maximum Gasteiger partial charge on any atom is 0.143 e. The average Bonchev–Trinajstić information content (AvgIpc) is 2.01. The third-order valence-electron chi connectivity index (χ3n) is 1.83. The van der Waals surface area contributed by atoms with E-state index in [0.29, 0.717) is 6.04 Å². The summed E-state index contributed by atoms with van der Waals surface area (Å²) < 4.78 is 7.57. The zero-order valence-corrected chi connectivity index (χ0v) is 10.2. The Balaban J connectivity index is 4.31. The highest BCUT2D eigenvalue weighted by molar-refractivity contribution is 7.13. The first kappa shape index (κ1) is 12.8. The number of hydrogen-bond acceptors (Lipinski definition) is 3. The summed E-state index contributed by atoms with van der Waals surface area (Å²) >= 11 is 0. The lowest BCUT2D eigenvalue weighted by molar-refractivity contribution is -0.116. The number of ether oxygens (including phenoxy) is 1. The van der Waals surface area contributed by atoms with Gasteiger partial charge in [-0.3, -0.25) is 4.67 Å². The Morgan fingerprint density at radius 3 is 2.15 bits per heavy atom. The molecule has 2 unspecified atom stereocenters. The zero-order valence-electron chi connectivity index (χ0n) is 9.03. The maximum atomic E-state index is 8.62. The molecule has 0 saturated heterocycles. The molecule has 4 heteroatoms. The Morgan fingerprint density at radius 1 is 1.38 bits per heavy atom. The van der Waals surface area contributed by atoms with E-state index in [9.17, 15) is 0 Å². The highest BCUT2D eigenvalue weighted by atomic mass is 31.0. The second kappa shape index (κ2) is 4.91. The van der Waals surface area contributed by atoms with Crippen LogP contribution in [0, 0.1) is 11.3 Å². The van der Waals surface area contributed by atoms with Crippen LogP contribution in [0.1, 0.15) is 34.6 Å². The first-order valence-electron chi connectivity index (χ1n) is 4.42. The molecule has 0 bridgehead atoms. The molecule has 0 rings (SSSR count). The molecule has 0 heterocycles. The van der Waals surface area contributed by atoms with Crippen LogP contribution in [0.25, 0.3) is 0 Å². The van der Waals surface area contributed by atoms with Crippen LogP contribution in [-0.4, -0.2) is 22.5 Å². The summed E-state index contributed by atoms with van der Waals surface area (Å²) in [6, 6.07) is 2.42. The molecule has 76 valence electrons. The average molecular weight is 202 g/mol. The molecule has 0 aromatic heterocycles. The van der Waals surface area contributed by atoms with Crippen molar-refractivity contribution < 1.29 is 4.74 Å². The molecular weight excluding hydrogens is 183 g/mol. The van der Waals surface area contributed by atoms with Gasteiger partial charge in [-0.15, -0.1) is 0 Å². The van der Waals surface area contributed by atoms with Gasteiger partial charge in [0.1, 0.15) is 11.8 Å². The molecule has 0 N–H and O–H groups in total. The predicted molar refractivity (Wildman–Crippen MR) is 56.9 cm³/mol. The molecule has 0 spiro atoms. The van der Waals surface area contributed by atoms with E-state index >= 15 is 0 Å². The largest absolute Gasteiger partial charge is 0.343 e. The lowest BCUT2D eigenvalue weighted by Crippen LogP contribution is -2.45. The minimum atomic E-state index is -0.423. The fourth-order valence-electron chi connectivity index (χ4n) is 1.14. The standard InChI is InChI=1S/C9H19N2OP/c1-7(2)11(13)9(4,5)12-8(3)6-10/h7-8H,13H2,1-5H3. The van der Waals surface area contributed by atoms with Gasteiger partial charge in [-0.05, 0) is 34.6 Å². The highest BCUT2D eigenvalue weighted by Crippen LogP contribution is 2.24. The highest BCUT2D eigenvalue weighted by Gasteiger charge is 2.28. The van der Waals surface area contributed by atoms with Gasteiger partial charge in [0.2, 0.25) is 0 Å². The van der Waals surface area contributed by atoms with E-state index < -0.39 is 5.72 Å². The second-order valence-electron chi connectivity index (χ2n) is 3.84. The van der Waals surface area contributed by atoms with E-state index in [1.807, 2.05) is 18.5 Å². The topological polar surface area (TPSA) is 36.3 Å². The summed E-state index contributed by atoms with van der Waals surface area (Å²) in [6.45, 7) is 9.81. The number of nitrogens with zero attached hydrogens (tertiary/aromatic N) is 2. The number of nitriles is 1. The van der Waals surface area contributed by atoms with Gasteiger partial charge in [0, 0.05) is 6.04 Å². The Labute approximate surface area is 83.3 Å². The molecule has 0 fully saturated rings. The monoisotopic (exact) mass is 202 g/mol. The normalized spacial score (nSPS) is 14.7. The Kier molecular flexibility index (Phi) is 4.85. The van der Waals surface area contributed by atoms with Gasteiger partial charge in [0.25, 0.3) is 0 Å². The maximum absolute atomic E-state index is 8.62. The molecule has 0 aromatic carbocycles. The van der Waals surface area contributed by atoms with Gasteiger partial charge in [0.15, 0.2) is 0 Å². The van der Waals surface area contributed by atoms with E-state index in [0.717, 1.165) is 0 Å². The van der Waals surface area contributed by atoms with E-state index in [-0.39, 0.29) is 6.10 Å². The van der Waals surface area contributed by atoms with Crippen molar-refractivity contribution in [3.63, 3.8) is 0 Å². The molecule has 0 radical (unpaired) electrons. The van der Waals surface area contributed by atoms with Crippen LogP contribution >= 0.6 is 9.39 Å². The van der Waals surface area contributed by atoms with E-state index in [1.54, 1.807) is 6.92 Å². The fraction of sp³-hybridized carbons (Fsp3) is 0.889. The van der Waals surface area contributed by atoms with Crippen molar-refractivity contribution in [2.75, 3.05) is 0 Å². The minimum absolute atomic E-state index is 0.367. The van der Waals surface area contributed by atoms with Crippen LogP contribution in [0.3, 0.4) is 0 Å². The molecule has 3 nitrogen and oxygen atoms in total. The van der Waals surface area contributed by atoms with Crippen molar-refractivity contribution in [2.45, 2.75) is 52.5 Å². The molecule has 0 aromatic rings. The summed E-state index contributed by atoms with van der Waals surface area (Å²) in [7, 11) is 2.63. The van der Waals surface area contributed by atoms with Gasteiger partial charge < -0.3 is 4.74 Å². The third kappa shape index (κ3) is 4.04. The smallest absolute Gasteiger partial charge is 0.143 e. The lowest BCUT2D eigenvalue weighted by Gasteiger charge is -2.38. The van der Waals surface area contributed by atoms with Gasteiger partial charge in [-0.1, -0.05) is 9.39 Å². The molecule has 0 aliphatic heterocycles. The summed E-state index contributed by atoms with van der Waals surface area (Å²) in [5.41, 5.74) is -0.423. The minimum Gasteiger partial charge on any atom is -0.343 e. The van der Waals surface area contributed by atoms with Crippen LogP contribution in [0.15, 0.2) is 0 Å². The van der Waals surface area contributed by atoms with Crippen LogP contribution in [0.4, 0.5) is 0 Å². The van der Waals surface area contributed by atoms with Gasteiger partial charge in [-0.2, -0.15) is 5.26 Å². The second-order valence-corrected chi connectivity index (χ2v) is 4.39. The molecule has 0 aliphatic rings. The molecule has 0 amide bonds. The first-order chi connectivity index (χ1) is 5.81. The zero-order chi connectivity index (χ0) is 10.6. The molecular formula is C9H19N2OP. The van der Waals surface area contributed by atoms with Crippen molar-refractivity contribution in [3.8, 4) is 6.07 Å². The molecule has 2 atom stereocenters. The Bertz CT molecular complexity index is 198. The number of hydrogen-bond donors (Lipinski definition) is 0. The Hall–Kier alpha value is -0.160. The molecule has 0 saturated carbocycles. The van der Waals surface area contributed by atoms with Crippen molar-refractivity contribution in [1.29, 1.82) is 5.26 Å². The van der Waals surface area contributed by atoms with Gasteiger partial charge in [0.05, 0.1) is 6.07 Å². The molecule has 13 heavy (non-hydrogen) atoms. The van der Waals surface area contributed by atoms with Crippen molar-refractivity contribution >= 4 is 9.39 Å². The van der Waals surface area contributed by atoms with E-state index in [1.165, 1.54) is 0 Å². The summed E-state index contributed by atoms with van der Waals surface area (Å²) in [4.78, 5) is 0. The lowest BCUT2D eigenvalue weighted by atomic mass is 10.2. The fourth-order valence-corrected chi connectivity index (χ4v) is 1.20.